The molecule has 1 N–H and O–H groups in total. The van der Waals surface area contributed by atoms with Crippen LogP contribution in [0.1, 0.15) is 44.1 Å². The van der Waals surface area contributed by atoms with Crippen molar-refractivity contribution < 1.29 is 9.84 Å². The van der Waals surface area contributed by atoms with E-state index in [-0.39, 0.29) is 5.41 Å². The molecule has 2 fully saturated rings. The predicted octanol–water partition coefficient (Wildman–Crippen LogP) is 4.99. The topological polar surface area (TPSA) is 35.9 Å². The van der Waals surface area contributed by atoms with Crippen molar-refractivity contribution in [3.05, 3.63) is 60.2 Å². The summed E-state index contributed by atoms with van der Waals surface area (Å²) in [5.41, 5.74) is 3.81. The molecule has 2 aliphatic rings. The monoisotopic (exact) mass is 408 g/mol. The summed E-state index contributed by atoms with van der Waals surface area (Å²) in [6, 6.07) is 19.4. The quantitative estimate of drug-likeness (QED) is 0.700. The fourth-order valence-electron chi connectivity index (χ4n) is 4.95. The Kier molecular flexibility index (Phi) is 7.08. The first kappa shape index (κ1) is 21.4. The maximum absolute atomic E-state index is 10.1. The fourth-order valence-corrected chi connectivity index (χ4v) is 4.95. The van der Waals surface area contributed by atoms with Crippen LogP contribution in [0.4, 0.5) is 11.4 Å². The second-order valence-corrected chi connectivity index (χ2v) is 9.19. The molecule has 4 nitrogen and oxygen atoms in total. The molecule has 2 saturated heterocycles. The highest BCUT2D eigenvalue weighted by molar-refractivity contribution is 5.62. The summed E-state index contributed by atoms with van der Waals surface area (Å²) in [5, 5.41) is 10.1. The van der Waals surface area contributed by atoms with E-state index in [4.69, 9.17) is 4.74 Å². The molecule has 0 amide bonds. The van der Waals surface area contributed by atoms with E-state index in [1.165, 1.54) is 29.8 Å². The molecule has 4 rings (SSSR count). The third kappa shape index (κ3) is 5.23. The number of aliphatic hydroxyl groups is 1. The molecule has 0 aliphatic carbocycles. The maximum atomic E-state index is 10.1. The van der Waals surface area contributed by atoms with E-state index >= 15 is 0 Å². The molecule has 2 aromatic rings. The number of anilines is 2. The van der Waals surface area contributed by atoms with Gasteiger partial charge in [-0.15, -0.1) is 0 Å². The molecule has 1 atom stereocenters. The number of hydrogen-bond donors (Lipinski definition) is 1. The lowest BCUT2D eigenvalue weighted by Gasteiger charge is -2.43. The molecule has 1 unspecified atom stereocenters. The van der Waals surface area contributed by atoms with Crippen molar-refractivity contribution in [2.24, 2.45) is 5.41 Å². The van der Waals surface area contributed by atoms with E-state index < -0.39 is 0 Å². The largest absolute Gasteiger partial charge is 0.396 e. The molecule has 0 saturated carbocycles. The molecular weight excluding hydrogens is 372 g/mol. The zero-order chi connectivity index (χ0) is 20.8. The smallest absolute Gasteiger partial charge is 0.0581 e. The van der Waals surface area contributed by atoms with Gasteiger partial charge in [0.15, 0.2) is 0 Å². The van der Waals surface area contributed by atoms with Crippen LogP contribution in [0.25, 0.3) is 0 Å². The van der Waals surface area contributed by atoms with E-state index in [0.717, 1.165) is 51.9 Å². The van der Waals surface area contributed by atoms with Crippen LogP contribution in [-0.2, 0) is 11.3 Å². The van der Waals surface area contributed by atoms with Gasteiger partial charge in [-0.05, 0) is 86.9 Å². The van der Waals surface area contributed by atoms with Crippen molar-refractivity contribution in [1.82, 2.24) is 4.90 Å². The minimum atomic E-state index is 0.0563. The Morgan fingerprint density at radius 2 is 1.70 bits per heavy atom. The molecule has 30 heavy (non-hydrogen) atoms. The van der Waals surface area contributed by atoms with Gasteiger partial charge in [0.1, 0.15) is 0 Å². The molecule has 162 valence electrons. The van der Waals surface area contributed by atoms with Crippen LogP contribution >= 0.6 is 0 Å². The highest BCUT2D eigenvalue weighted by Gasteiger charge is 2.36. The van der Waals surface area contributed by atoms with Crippen LogP contribution in [0.3, 0.4) is 0 Å². The molecule has 0 spiro atoms. The third-order valence-corrected chi connectivity index (χ3v) is 7.06. The number of hydrogen-bond acceptors (Lipinski definition) is 4. The zero-order valence-electron chi connectivity index (χ0n) is 18.3. The van der Waals surface area contributed by atoms with E-state index in [9.17, 15) is 5.11 Å². The molecule has 0 aromatic heterocycles. The lowest BCUT2D eigenvalue weighted by atomic mass is 9.74. The number of rotatable bonds is 7. The van der Waals surface area contributed by atoms with E-state index in [2.05, 4.69) is 65.4 Å². The number of piperidine rings is 1. The summed E-state index contributed by atoms with van der Waals surface area (Å²) < 4.78 is 5.96. The summed E-state index contributed by atoms with van der Waals surface area (Å²) in [4.78, 5) is 4.75. The number of nitrogens with zero attached hydrogens (tertiary/aromatic N) is 2. The van der Waals surface area contributed by atoms with Crippen molar-refractivity contribution >= 4 is 11.4 Å². The average Bonchev–Trinajstić information content (AvgIpc) is 2.82. The van der Waals surface area contributed by atoms with Crippen molar-refractivity contribution in [2.45, 2.75) is 51.2 Å². The minimum absolute atomic E-state index is 0.0563. The second kappa shape index (κ2) is 9.95. The van der Waals surface area contributed by atoms with E-state index in [1.807, 2.05) is 6.07 Å². The Bertz CT molecular complexity index is 763. The van der Waals surface area contributed by atoms with Crippen molar-refractivity contribution in [1.29, 1.82) is 0 Å². The van der Waals surface area contributed by atoms with Crippen LogP contribution < -0.4 is 4.90 Å². The van der Waals surface area contributed by atoms with Crippen LogP contribution in [0, 0.1) is 5.41 Å². The Morgan fingerprint density at radius 1 is 1.00 bits per heavy atom. The van der Waals surface area contributed by atoms with Gasteiger partial charge in [0.25, 0.3) is 0 Å². The standard InChI is InChI=1S/C26H36N2O2/c1-27(23-7-3-2-4-8-23)24-12-10-22(11-13-24)20-28-16-14-26(21-29,15-17-28)19-25-9-5-6-18-30-25/h2-4,7-8,10-13,25,29H,5-6,9,14-21H2,1H3. The van der Waals surface area contributed by atoms with Gasteiger partial charge in [-0.1, -0.05) is 30.3 Å². The number of para-hydroxylation sites is 1. The van der Waals surface area contributed by atoms with Crippen LogP contribution in [0.2, 0.25) is 0 Å². The lowest BCUT2D eigenvalue weighted by molar-refractivity contribution is -0.0486. The Hall–Kier alpha value is -1.88. The molecule has 0 radical (unpaired) electrons. The molecule has 4 heteroatoms. The fraction of sp³-hybridized carbons (Fsp3) is 0.538. The summed E-state index contributed by atoms with van der Waals surface area (Å²) in [6.45, 7) is 4.28. The van der Waals surface area contributed by atoms with Gasteiger partial charge in [0, 0.05) is 38.2 Å². The molecule has 2 aliphatic heterocycles. The predicted molar refractivity (Wildman–Crippen MR) is 123 cm³/mol. The summed E-state index contributed by atoms with van der Waals surface area (Å²) in [7, 11) is 2.11. The molecule has 0 bridgehead atoms. The SMILES string of the molecule is CN(c1ccccc1)c1ccc(CN2CCC(CO)(CC3CCCCO3)CC2)cc1. The highest BCUT2D eigenvalue weighted by Crippen LogP contribution is 2.38. The molecular formula is C26H36N2O2. The van der Waals surface area contributed by atoms with Gasteiger partial charge in [-0.3, -0.25) is 4.90 Å². The minimum Gasteiger partial charge on any atom is -0.396 e. The van der Waals surface area contributed by atoms with Gasteiger partial charge in [-0.2, -0.15) is 0 Å². The van der Waals surface area contributed by atoms with E-state index in [1.54, 1.807) is 0 Å². The molecule has 2 aromatic carbocycles. The summed E-state index contributed by atoms with van der Waals surface area (Å²) >= 11 is 0. The number of ether oxygens (including phenoxy) is 1. The normalized spacial score (nSPS) is 22.0. The number of aliphatic hydroxyl groups excluding tert-OH is 1. The number of benzene rings is 2. The Morgan fingerprint density at radius 3 is 2.33 bits per heavy atom. The van der Waals surface area contributed by atoms with Gasteiger partial charge in [-0.25, -0.2) is 0 Å². The van der Waals surface area contributed by atoms with Crippen molar-refractivity contribution in [2.75, 3.05) is 38.3 Å². The second-order valence-electron chi connectivity index (χ2n) is 9.19. The molecule has 2 heterocycles. The zero-order valence-corrected chi connectivity index (χ0v) is 18.3. The lowest BCUT2D eigenvalue weighted by Crippen LogP contribution is -2.44. The summed E-state index contributed by atoms with van der Waals surface area (Å²) in [6.07, 6.45) is 7.14. The summed E-state index contributed by atoms with van der Waals surface area (Å²) in [5.74, 6) is 0. The third-order valence-electron chi connectivity index (χ3n) is 7.06. The van der Waals surface area contributed by atoms with Crippen molar-refractivity contribution in [3.8, 4) is 0 Å². The van der Waals surface area contributed by atoms with Crippen LogP contribution in [0.15, 0.2) is 54.6 Å². The van der Waals surface area contributed by atoms with Gasteiger partial charge >= 0.3 is 0 Å². The van der Waals surface area contributed by atoms with Gasteiger partial charge < -0.3 is 14.7 Å². The first-order chi connectivity index (χ1) is 14.7. The maximum Gasteiger partial charge on any atom is 0.0581 e. The Labute approximate surface area is 181 Å². The van der Waals surface area contributed by atoms with Gasteiger partial charge in [0.2, 0.25) is 0 Å². The first-order valence-corrected chi connectivity index (χ1v) is 11.5. The van der Waals surface area contributed by atoms with Crippen LogP contribution in [-0.4, -0.2) is 49.5 Å². The van der Waals surface area contributed by atoms with Gasteiger partial charge in [0.05, 0.1) is 6.10 Å². The first-order valence-electron chi connectivity index (χ1n) is 11.5. The van der Waals surface area contributed by atoms with E-state index in [0.29, 0.717) is 12.7 Å². The Balaban J connectivity index is 1.30. The average molecular weight is 409 g/mol. The van der Waals surface area contributed by atoms with Crippen molar-refractivity contribution in [3.63, 3.8) is 0 Å². The highest BCUT2D eigenvalue weighted by atomic mass is 16.5. The number of likely N-dealkylation sites (tertiary alicyclic amines) is 1. The van der Waals surface area contributed by atoms with Crippen LogP contribution in [0.5, 0.6) is 0 Å².